The van der Waals surface area contributed by atoms with Crippen LogP contribution in [0.4, 0.5) is 0 Å². The van der Waals surface area contributed by atoms with Gasteiger partial charge in [-0.25, -0.2) is 4.79 Å². The van der Waals surface area contributed by atoms with Gasteiger partial charge >= 0.3 is 5.97 Å². The molecule has 3 fully saturated rings. The number of fused-ring (bicyclic) bond motifs is 1. The molecule has 1 spiro atoms. The molecule has 1 saturated carbocycles. The first kappa shape index (κ1) is 17.3. The third kappa shape index (κ3) is 1.67. The summed E-state index contributed by atoms with van der Waals surface area (Å²) in [5.41, 5.74) is 2.22. The summed E-state index contributed by atoms with van der Waals surface area (Å²) in [5.74, 6) is 2.09. The van der Waals surface area contributed by atoms with Gasteiger partial charge in [0.1, 0.15) is 11.5 Å². The van der Waals surface area contributed by atoms with Gasteiger partial charge in [0.2, 0.25) is 0 Å². The maximum absolute atomic E-state index is 14.3. The minimum Gasteiger partial charge on any atom is -0.497 e. The number of hydrogen-bond donors (Lipinski definition) is 0. The molecule has 0 aromatic carbocycles. The van der Waals surface area contributed by atoms with E-state index in [0.717, 1.165) is 54.8 Å². The van der Waals surface area contributed by atoms with Crippen LogP contribution in [0.3, 0.4) is 0 Å². The van der Waals surface area contributed by atoms with Gasteiger partial charge in [0.25, 0.3) is 0 Å². The van der Waals surface area contributed by atoms with Gasteiger partial charge in [0.15, 0.2) is 0 Å². The van der Waals surface area contributed by atoms with Gasteiger partial charge in [-0.15, -0.1) is 0 Å². The van der Waals surface area contributed by atoms with Crippen molar-refractivity contribution in [3.05, 3.63) is 22.5 Å². The molecule has 3 aliphatic heterocycles. The number of nitrogens with zero attached hydrogens (tertiary/aromatic N) is 1. The first-order valence-corrected chi connectivity index (χ1v) is 10.9. The Labute approximate surface area is 166 Å². The van der Waals surface area contributed by atoms with Crippen molar-refractivity contribution in [1.82, 2.24) is 4.90 Å². The predicted octanol–water partition coefficient (Wildman–Crippen LogP) is 2.86. The predicted molar refractivity (Wildman–Crippen MR) is 102 cm³/mol. The smallest absolute Gasteiger partial charge is 0.334 e. The van der Waals surface area contributed by atoms with Gasteiger partial charge in [0.05, 0.1) is 19.1 Å². The number of allylic oxidation sites excluding steroid dienone is 2. The molecule has 28 heavy (non-hydrogen) atoms. The fourth-order valence-electron chi connectivity index (χ4n) is 8.18. The number of ether oxygens (including phenoxy) is 2. The Morgan fingerprint density at radius 3 is 2.89 bits per heavy atom. The van der Waals surface area contributed by atoms with Crippen LogP contribution in [0.5, 0.6) is 0 Å². The van der Waals surface area contributed by atoms with E-state index in [1.165, 1.54) is 7.11 Å². The SMILES string of the molecule is COC(=O)C1=C2CCOC3=C2[C@@]2(C1)C(=O)[C@H]1CC4N(CC1C)CC(CC3)[C@]42C. The number of carbonyl (C=O) groups is 2. The minimum atomic E-state index is -0.597. The molecule has 6 atom stereocenters. The van der Waals surface area contributed by atoms with Crippen LogP contribution < -0.4 is 0 Å². The third-order valence-corrected chi connectivity index (χ3v) is 9.39. The van der Waals surface area contributed by atoms with Crippen molar-refractivity contribution < 1.29 is 19.1 Å². The van der Waals surface area contributed by atoms with E-state index in [1.807, 2.05) is 0 Å². The lowest BCUT2D eigenvalue weighted by molar-refractivity contribution is -0.157. The van der Waals surface area contributed by atoms with Crippen LogP contribution in [-0.4, -0.2) is 49.5 Å². The largest absolute Gasteiger partial charge is 0.497 e. The van der Waals surface area contributed by atoms with Crippen molar-refractivity contribution in [2.24, 2.45) is 28.6 Å². The standard InChI is InChI=1S/C23H29NO4/c1-12-10-24-11-13-4-5-17-19-14(6-7-28-17)16(21(26)27-3)9-23(19)20(25)15(12)8-18(24)22(13,23)2/h12-13,15,18H,4-11H2,1-3H3/t12?,13?,15-,18?,22+,23-/m0/s1. The number of esters is 1. The van der Waals surface area contributed by atoms with Crippen LogP contribution >= 0.6 is 0 Å². The second-order valence-electron chi connectivity index (χ2n) is 10.1. The Morgan fingerprint density at radius 2 is 2.11 bits per heavy atom. The summed E-state index contributed by atoms with van der Waals surface area (Å²) in [5, 5.41) is 0. The summed E-state index contributed by atoms with van der Waals surface area (Å²) in [4.78, 5) is 29.7. The summed E-state index contributed by atoms with van der Waals surface area (Å²) < 4.78 is 11.4. The van der Waals surface area contributed by atoms with Crippen LogP contribution in [0.2, 0.25) is 0 Å². The number of carbonyl (C=O) groups excluding carboxylic acids is 2. The van der Waals surface area contributed by atoms with Gasteiger partial charge < -0.3 is 9.47 Å². The van der Waals surface area contributed by atoms with Crippen molar-refractivity contribution >= 4 is 11.8 Å². The first-order valence-electron chi connectivity index (χ1n) is 10.9. The Kier molecular flexibility index (Phi) is 3.26. The van der Waals surface area contributed by atoms with Gasteiger partial charge in [-0.3, -0.25) is 9.69 Å². The number of piperidine rings is 1. The quantitative estimate of drug-likeness (QED) is 0.652. The zero-order chi connectivity index (χ0) is 19.4. The fraction of sp³-hybridized carbons (Fsp3) is 0.739. The van der Waals surface area contributed by atoms with Gasteiger partial charge in [-0.1, -0.05) is 13.8 Å². The monoisotopic (exact) mass is 383 g/mol. The second kappa shape index (κ2) is 5.29. The van der Waals surface area contributed by atoms with E-state index in [9.17, 15) is 9.59 Å². The Morgan fingerprint density at radius 1 is 1.29 bits per heavy atom. The first-order chi connectivity index (χ1) is 13.4. The van der Waals surface area contributed by atoms with E-state index in [4.69, 9.17) is 9.47 Å². The third-order valence-electron chi connectivity index (χ3n) is 9.39. The van der Waals surface area contributed by atoms with Crippen molar-refractivity contribution in [2.45, 2.75) is 52.0 Å². The average Bonchev–Trinajstić information content (AvgIpc) is 3.16. The molecule has 150 valence electrons. The fourth-order valence-corrected chi connectivity index (χ4v) is 8.18. The number of rotatable bonds is 1. The molecular formula is C23H29NO4. The van der Waals surface area contributed by atoms with Gasteiger partial charge in [-0.2, -0.15) is 0 Å². The highest BCUT2D eigenvalue weighted by atomic mass is 16.5. The highest BCUT2D eigenvalue weighted by Gasteiger charge is 2.74. The van der Waals surface area contributed by atoms with Gasteiger partial charge in [-0.05, 0) is 36.7 Å². The van der Waals surface area contributed by atoms with Crippen molar-refractivity contribution in [2.75, 3.05) is 26.8 Å². The molecule has 0 aromatic rings. The molecule has 5 nitrogen and oxygen atoms in total. The summed E-state index contributed by atoms with van der Waals surface area (Å²) in [6.07, 6.45) is 4.20. The van der Waals surface area contributed by atoms with E-state index in [2.05, 4.69) is 18.7 Å². The minimum absolute atomic E-state index is 0.0973. The molecule has 3 aliphatic carbocycles. The van der Waals surface area contributed by atoms with Crippen LogP contribution in [0, 0.1) is 28.6 Å². The molecule has 0 N–H and O–H groups in total. The molecule has 0 radical (unpaired) electrons. The molecule has 6 aliphatic rings. The molecule has 2 saturated heterocycles. The summed E-state index contributed by atoms with van der Waals surface area (Å²) in [7, 11) is 1.46. The van der Waals surface area contributed by atoms with E-state index in [-0.39, 0.29) is 17.3 Å². The van der Waals surface area contributed by atoms with E-state index < -0.39 is 5.41 Å². The van der Waals surface area contributed by atoms with Crippen LogP contribution in [0.25, 0.3) is 0 Å². The topological polar surface area (TPSA) is 55.8 Å². The lowest BCUT2D eigenvalue weighted by Gasteiger charge is -2.59. The molecule has 6 rings (SSSR count). The lowest BCUT2D eigenvalue weighted by Crippen LogP contribution is -2.65. The highest BCUT2D eigenvalue weighted by Crippen LogP contribution is 2.72. The average molecular weight is 383 g/mol. The van der Waals surface area contributed by atoms with Crippen molar-refractivity contribution in [3.8, 4) is 0 Å². The molecular weight excluding hydrogens is 354 g/mol. The summed E-state index contributed by atoms with van der Waals surface area (Å²) in [6, 6.07) is 0.434. The zero-order valence-corrected chi connectivity index (χ0v) is 17.0. The Hall–Kier alpha value is -1.62. The molecule has 3 heterocycles. The van der Waals surface area contributed by atoms with Gasteiger partial charge in [0, 0.05) is 54.5 Å². The molecule has 5 heteroatoms. The zero-order valence-electron chi connectivity index (χ0n) is 17.0. The Balaban J connectivity index is 1.65. The van der Waals surface area contributed by atoms with E-state index >= 15 is 0 Å². The number of ketones is 1. The molecule has 3 unspecified atom stereocenters. The summed E-state index contributed by atoms with van der Waals surface area (Å²) in [6.45, 7) is 7.34. The number of methoxy groups -OCH3 is 1. The lowest BCUT2D eigenvalue weighted by atomic mass is 9.45. The molecule has 0 amide bonds. The maximum atomic E-state index is 14.3. The highest BCUT2D eigenvalue weighted by molar-refractivity contribution is 6.01. The summed E-state index contributed by atoms with van der Waals surface area (Å²) >= 11 is 0. The van der Waals surface area contributed by atoms with Crippen molar-refractivity contribution in [1.29, 1.82) is 0 Å². The Bertz CT molecular complexity index is 872. The normalized spacial score (nSPS) is 46.3. The maximum Gasteiger partial charge on any atom is 0.334 e. The van der Waals surface area contributed by atoms with Crippen LogP contribution in [0.1, 0.15) is 46.0 Å². The number of hydrogen-bond acceptors (Lipinski definition) is 5. The van der Waals surface area contributed by atoms with E-state index in [1.54, 1.807) is 0 Å². The molecule has 0 aromatic heterocycles. The number of Topliss-reactive ketones (excluding diaryl/α,β-unsaturated/α-hetero) is 1. The van der Waals surface area contributed by atoms with Crippen molar-refractivity contribution in [3.63, 3.8) is 0 Å². The van der Waals surface area contributed by atoms with E-state index in [0.29, 0.717) is 43.1 Å². The van der Waals surface area contributed by atoms with Crippen LogP contribution in [-0.2, 0) is 19.1 Å². The van der Waals surface area contributed by atoms with Crippen LogP contribution in [0.15, 0.2) is 22.5 Å². The second-order valence-corrected chi connectivity index (χ2v) is 10.1. The molecule has 2 bridgehead atoms.